The molecule has 0 aliphatic carbocycles. The molecule has 21 heavy (non-hydrogen) atoms. The van der Waals surface area contributed by atoms with Gasteiger partial charge in [-0.1, -0.05) is 0 Å². The summed E-state index contributed by atoms with van der Waals surface area (Å²) in [7, 11) is 0. The van der Waals surface area contributed by atoms with Gasteiger partial charge in [0.1, 0.15) is 0 Å². The minimum absolute atomic E-state index is 0.0786. The largest absolute Gasteiger partial charge is 0.481 e. The number of nitrogens with one attached hydrogen (secondary N) is 1. The molecule has 6 heteroatoms. The quantitative estimate of drug-likeness (QED) is 0.815. The zero-order valence-corrected chi connectivity index (χ0v) is 13.1. The lowest BCUT2D eigenvalue weighted by atomic mass is 9.80. The number of carbonyl (C=O) groups excluding carboxylic acids is 1. The molecule has 2 rings (SSSR count). The normalized spacial score (nSPS) is 28.0. The van der Waals surface area contributed by atoms with Crippen molar-refractivity contribution >= 4 is 12.0 Å². The van der Waals surface area contributed by atoms with E-state index in [0.29, 0.717) is 32.5 Å². The molecule has 2 saturated heterocycles. The predicted octanol–water partition coefficient (Wildman–Crippen LogP) is 1.84. The van der Waals surface area contributed by atoms with Crippen molar-refractivity contribution in [3.8, 4) is 0 Å². The van der Waals surface area contributed by atoms with Crippen LogP contribution in [0, 0.1) is 5.41 Å². The molecule has 0 aromatic rings. The highest BCUT2D eigenvalue weighted by molar-refractivity contribution is 5.77. The Bertz CT molecular complexity index is 414. The van der Waals surface area contributed by atoms with Crippen LogP contribution in [0.25, 0.3) is 0 Å². The Balaban J connectivity index is 1.84. The van der Waals surface area contributed by atoms with Crippen molar-refractivity contribution in [3.05, 3.63) is 0 Å². The molecule has 1 unspecified atom stereocenters. The third-order valence-electron chi connectivity index (χ3n) is 4.70. The van der Waals surface area contributed by atoms with Crippen LogP contribution in [0.15, 0.2) is 0 Å². The fourth-order valence-electron chi connectivity index (χ4n) is 3.04. The Morgan fingerprint density at radius 1 is 1.24 bits per heavy atom. The first-order chi connectivity index (χ1) is 9.72. The third kappa shape index (κ3) is 3.87. The van der Waals surface area contributed by atoms with Crippen LogP contribution in [-0.2, 0) is 9.53 Å². The molecule has 2 aliphatic heterocycles. The van der Waals surface area contributed by atoms with Crippen LogP contribution in [0.5, 0.6) is 0 Å². The van der Waals surface area contributed by atoms with E-state index in [1.165, 1.54) is 0 Å². The van der Waals surface area contributed by atoms with Gasteiger partial charge >= 0.3 is 12.0 Å². The van der Waals surface area contributed by atoms with Gasteiger partial charge in [0.15, 0.2) is 0 Å². The number of amides is 2. The Hall–Kier alpha value is -1.30. The second kappa shape index (κ2) is 5.83. The molecule has 1 atom stereocenters. The summed E-state index contributed by atoms with van der Waals surface area (Å²) in [5.41, 5.74) is -0.891. The van der Waals surface area contributed by atoms with E-state index in [1.807, 2.05) is 13.8 Å². The molecular weight excluding hydrogens is 272 g/mol. The van der Waals surface area contributed by atoms with E-state index in [2.05, 4.69) is 5.32 Å². The number of urea groups is 1. The smallest absolute Gasteiger partial charge is 0.317 e. The van der Waals surface area contributed by atoms with Gasteiger partial charge < -0.3 is 20.1 Å². The molecule has 0 spiro atoms. The van der Waals surface area contributed by atoms with E-state index >= 15 is 0 Å². The number of nitrogens with zero attached hydrogens (tertiary/aromatic N) is 1. The summed E-state index contributed by atoms with van der Waals surface area (Å²) in [5, 5.41) is 12.3. The lowest BCUT2D eigenvalue weighted by Crippen LogP contribution is -2.53. The lowest BCUT2D eigenvalue weighted by molar-refractivity contribution is -0.150. The van der Waals surface area contributed by atoms with E-state index in [1.54, 1.807) is 11.8 Å². The van der Waals surface area contributed by atoms with Crippen molar-refractivity contribution in [3.63, 3.8) is 0 Å². The van der Waals surface area contributed by atoms with Crippen LogP contribution in [-0.4, -0.2) is 53.3 Å². The summed E-state index contributed by atoms with van der Waals surface area (Å²) in [4.78, 5) is 25.2. The maximum absolute atomic E-state index is 12.3. The van der Waals surface area contributed by atoms with Gasteiger partial charge in [-0.2, -0.15) is 0 Å². The molecule has 0 saturated carbocycles. The van der Waals surface area contributed by atoms with Crippen LogP contribution < -0.4 is 5.32 Å². The van der Waals surface area contributed by atoms with Crippen LogP contribution in [0.2, 0.25) is 0 Å². The van der Waals surface area contributed by atoms with Gasteiger partial charge in [0, 0.05) is 25.7 Å². The number of carboxylic acids is 1. The van der Waals surface area contributed by atoms with Gasteiger partial charge in [-0.05, 0) is 46.5 Å². The molecule has 0 aromatic carbocycles. The second-order valence-corrected chi connectivity index (χ2v) is 7.10. The number of carboxylic acid groups (broad SMARTS) is 1. The monoisotopic (exact) mass is 298 g/mol. The number of piperidine rings is 1. The third-order valence-corrected chi connectivity index (χ3v) is 4.70. The minimum atomic E-state index is -0.770. The van der Waals surface area contributed by atoms with Crippen molar-refractivity contribution < 1.29 is 19.4 Å². The minimum Gasteiger partial charge on any atom is -0.481 e. The van der Waals surface area contributed by atoms with Crippen LogP contribution in [0.1, 0.15) is 46.5 Å². The summed E-state index contributed by atoms with van der Waals surface area (Å²) < 4.78 is 5.65. The number of hydrogen-bond donors (Lipinski definition) is 2. The second-order valence-electron chi connectivity index (χ2n) is 7.10. The molecule has 0 radical (unpaired) electrons. The molecular formula is C15H26N2O4. The fraction of sp³-hybridized carbons (Fsp3) is 0.867. The maximum atomic E-state index is 12.3. The number of rotatable bonds is 2. The van der Waals surface area contributed by atoms with Crippen molar-refractivity contribution in [2.75, 3.05) is 19.7 Å². The van der Waals surface area contributed by atoms with Gasteiger partial charge in [-0.25, -0.2) is 4.79 Å². The maximum Gasteiger partial charge on any atom is 0.317 e. The first-order valence-electron chi connectivity index (χ1n) is 7.65. The highest BCUT2D eigenvalue weighted by Crippen LogP contribution is 2.31. The molecule has 2 amide bonds. The van der Waals surface area contributed by atoms with Crippen molar-refractivity contribution in [1.82, 2.24) is 10.2 Å². The van der Waals surface area contributed by atoms with Gasteiger partial charge in [-0.3, -0.25) is 4.79 Å². The van der Waals surface area contributed by atoms with Gasteiger partial charge in [0.2, 0.25) is 0 Å². The van der Waals surface area contributed by atoms with Gasteiger partial charge in [-0.15, -0.1) is 0 Å². The summed E-state index contributed by atoms with van der Waals surface area (Å²) in [6.45, 7) is 7.48. The Labute approximate surface area is 125 Å². The lowest BCUT2D eigenvalue weighted by Gasteiger charge is -2.39. The Morgan fingerprint density at radius 3 is 2.38 bits per heavy atom. The summed E-state index contributed by atoms with van der Waals surface area (Å²) in [6.07, 6.45) is 2.65. The molecule has 2 heterocycles. The zero-order valence-electron chi connectivity index (χ0n) is 13.1. The van der Waals surface area contributed by atoms with Crippen molar-refractivity contribution in [1.29, 1.82) is 0 Å². The summed E-state index contributed by atoms with van der Waals surface area (Å²) in [6, 6.07) is 0.0548. The number of carbonyl (C=O) groups is 2. The van der Waals surface area contributed by atoms with Crippen LogP contribution in [0.3, 0.4) is 0 Å². The van der Waals surface area contributed by atoms with E-state index in [-0.39, 0.29) is 17.7 Å². The van der Waals surface area contributed by atoms with E-state index in [0.717, 1.165) is 12.8 Å². The van der Waals surface area contributed by atoms with E-state index < -0.39 is 11.4 Å². The van der Waals surface area contributed by atoms with Gasteiger partial charge in [0.05, 0.1) is 11.0 Å². The van der Waals surface area contributed by atoms with Crippen molar-refractivity contribution in [2.24, 2.45) is 5.41 Å². The average Bonchev–Trinajstić information content (AvgIpc) is 2.38. The first-order valence-corrected chi connectivity index (χ1v) is 7.65. The molecule has 120 valence electrons. The number of ether oxygens (including phenoxy) is 1. The van der Waals surface area contributed by atoms with Crippen LogP contribution >= 0.6 is 0 Å². The molecule has 0 aromatic heterocycles. The standard InChI is InChI=1S/C15H26N2O4/c1-14(2)10-11(4-9-21-14)16-13(20)17-7-5-15(3,6-8-17)12(18)19/h11H,4-10H2,1-3H3,(H,16,20)(H,18,19). The zero-order chi connectivity index (χ0) is 15.7. The van der Waals surface area contributed by atoms with E-state index in [4.69, 9.17) is 4.74 Å². The molecule has 2 fully saturated rings. The number of aliphatic carboxylic acids is 1. The SMILES string of the molecule is CC1(C)CC(NC(=O)N2CCC(C)(C(=O)O)CC2)CCO1. The highest BCUT2D eigenvalue weighted by Gasteiger charge is 2.38. The van der Waals surface area contributed by atoms with Crippen LogP contribution in [0.4, 0.5) is 4.79 Å². The fourth-order valence-corrected chi connectivity index (χ4v) is 3.04. The highest BCUT2D eigenvalue weighted by atomic mass is 16.5. The van der Waals surface area contributed by atoms with Crippen molar-refractivity contribution in [2.45, 2.75) is 58.1 Å². The topological polar surface area (TPSA) is 78.9 Å². The van der Waals surface area contributed by atoms with E-state index in [9.17, 15) is 14.7 Å². The molecule has 2 N–H and O–H groups in total. The number of likely N-dealkylation sites (tertiary alicyclic amines) is 1. The van der Waals surface area contributed by atoms with Gasteiger partial charge in [0.25, 0.3) is 0 Å². The summed E-state index contributed by atoms with van der Waals surface area (Å²) >= 11 is 0. The average molecular weight is 298 g/mol. The number of hydrogen-bond acceptors (Lipinski definition) is 3. The Kier molecular flexibility index (Phi) is 4.46. The molecule has 0 bridgehead atoms. The molecule has 2 aliphatic rings. The summed E-state index contributed by atoms with van der Waals surface area (Å²) in [5.74, 6) is -0.770. The first kappa shape index (κ1) is 16.1. The molecule has 6 nitrogen and oxygen atoms in total. The Morgan fingerprint density at radius 2 is 1.86 bits per heavy atom. The predicted molar refractivity (Wildman–Crippen MR) is 78.1 cm³/mol.